The molecule has 0 saturated carbocycles. The van der Waals surface area contributed by atoms with Gasteiger partial charge in [0.2, 0.25) is 15.9 Å². The van der Waals surface area contributed by atoms with E-state index >= 15 is 0 Å². The zero-order valence-electron chi connectivity index (χ0n) is 26.9. The van der Waals surface area contributed by atoms with Crippen molar-refractivity contribution >= 4 is 33.2 Å². The number of piperazine rings is 1. The smallest absolute Gasteiger partial charge is 0.416 e. The van der Waals surface area contributed by atoms with Crippen LogP contribution in [0.3, 0.4) is 0 Å². The molecule has 47 heavy (non-hydrogen) atoms. The van der Waals surface area contributed by atoms with Crippen molar-refractivity contribution in [2.75, 3.05) is 38.5 Å². The standard InChI is InChI=1S/C32H35ClF3N3O5S.C2H6/c1-4-44-29-19-25(32(34,35)36)9-14-28(29)22(3)39(45(42,43)18-17-38-16-15-37-30(41)20-38)31(24-5-10-26(33)11-6-24)21(2)23-7-12-27(40)13-8-23;1-2/h5-14,19,21,31,40H,3-4,15-18,20H2,1-2H3,(H,37,41);1-2H3. The second kappa shape index (κ2) is 16.4. The van der Waals surface area contributed by atoms with Gasteiger partial charge in [-0.05, 0) is 60.5 Å². The minimum Gasteiger partial charge on any atom is -0.508 e. The Morgan fingerprint density at radius 3 is 2.28 bits per heavy atom. The highest BCUT2D eigenvalue weighted by molar-refractivity contribution is 7.89. The van der Waals surface area contributed by atoms with Gasteiger partial charge in [0.1, 0.15) is 11.5 Å². The number of nitrogens with one attached hydrogen (secondary N) is 1. The Bertz CT molecular complexity index is 1620. The molecule has 0 bridgehead atoms. The predicted molar refractivity (Wildman–Crippen MR) is 179 cm³/mol. The Morgan fingerprint density at radius 2 is 1.70 bits per heavy atom. The van der Waals surface area contributed by atoms with Crippen LogP contribution in [0.1, 0.15) is 61.9 Å². The van der Waals surface area contributed by atoms with Gasteiger partial charge in [0.05, 0.1) is 36.2 Å². The third-order valence-corrected chi connectivity index (χ3v) is 9.62. The Balaban J connectivity index is 0.00000294. The van der Waals surface area contributed by atoms with E-state index in [1.807, 2.05) is 20.8 Å². The van der Waals surface area contributed by atoms with Gasteiger partial charge in [0.25, 0.3) is 0 Å². The maximum absolute atomic E-state index is 14.5. The van der Waals surface area contributed by atoms with E-state index in [-0.39, 0.29) is 48.4 Å². The minimum absolute atomic E-state index is 0.0237. The maximum atomic E-state index is 14.5. The quantitative estimate of drug-likeness (QED) is 0.210. The lowest BCUT2D eigenvalue weighted by Crippen LogP contribution is -2.49. The summed E-state index contributed by atoms with van der Waals surface area (Å²) in [7, 11) is -4.28. The van der Waals surface area contributed by atoms with Gasteiger partial charge >= 0.3 is 6.18 Å². The molecular formula is C34H41ClF3N3O5S. The molecule has 1 aliphatic heterocycles. The van der Waals surface area contributed by atoms with Gasteiger partial charge in [-0.1, -0.05) is 63.2 Å². The van der Waals surface area contributed by atoms with Crippen molar-refractivity contribution in [2.24, 2.45) is 0 Å². The average molecular weight is 696 g/mol. The van der Waals surface area contributed by atoms with E-state index in [0.717, 1.165) is 22.5 Å². The van der Waals surface area contributed by atoms with Crippen molar-refractivity contribution in [1.29, 1.82) is 0 Å². The first kappa shape index (κ1) is 37.7. The van der Waals surface area contributed by atoms with Gasteiger partial charge in [-0.3, -0.25) is 14.0 Å². The number of halogens is 4. The number of carbonyl (C=O) groups is 1. The molecule has 1 aliphatic rings. The fourth-order valence-corrected chi connectivity index (χ4v) is 7.21. The maximum Gasteiger partial charge on any atom is 0.416 e. The molecule has 0 radical (unpaired) electrons. The number of sulfonamides is 1. The van der Waals surface area contributed by atoms with Crippen molar-refractivity contribution in [3.8, 4) is 11.5 Å². The molecule has 1 amide bonds. The highest BCUT2D eigenvalue weighted by Crippen LogP contribution is 2.44. The number of phenolic OH excluding ortho intramolecular Hbond substituents is 1. The number of aromatic hydroxyl groups is 1. The summed E-state index contributed by atoms with van der Waals surface area (Å²) in [5, 5.41) is 13.0. The van der Waals surface area contributed by atoms with E-state index < -0.39 is 39.5 Å². The fraction of sp³-hybridized carbons (Fsp3) is 0.382. The molecule has 2 N–H and O–H groups in total. The van der Waals surface area contributed by atoms with Gasteiger partial charge in [-0.15, -0.1) is 0 Å². The number of alkyl halides is 3. The van der Waals surface area contributed by atoms with Gasteiger partial charge in [0.15, 0.2) is 0 Å². The summed E-state index contributed by atoms with van der Waals surface area (Å²) in [6.07, 6.45) is -4.66. The van der Waals surface area contributed by atoms with Crippen molar-refractivity contribution < 1.29 is 36.2 Å². The zero-order chi connectivity index (χ0) is 34.9. The van der Waals surface area contributed by atoms with Crippen molar-refractivity contribution in [1.82, 2.24) is 14.5 Å². The highest BCUT2D eigenvalue weighted by atomic mass is 35.5. The molecule has 256 valence electrons. The van der Waals surface area contributed by atoms with Crippen molar-refractivity contribution in [3.63, 3.8) is 0 Å². The number of phenols is 1. The number of hydrogen-bond acceptors (Lipinski definition) is 6. The average Bonchev–Trinajstić information content (AvgIpc) is 3.03. The molecule has 0 aromatic heterocycles. The van der Waals surface area contributed by atoms with E-state index in [2.05, 4.69) is 11.9 Å². The molecule has 13 heteroatoms. The lowest BCUT2D eigenvalue weighted by atomic mass is 9.88. The summed E-state index contributed by atoms with van der Waals surface area (Å²) in [4.78, 5) is 13.7. The second-order valence-corrected chi connectivity index (χ2v) is 13.1. The van der Waals surface area contributed by atoms with Crippen molar-refractivity contribution in [2.45, 2.75) is 45.8 Å². The molecule has 1 saturated heterocycles. The van der Waals surface area contributed by atoms with Crippen LogP contribution in [0, 0.1) is 0 Å². The molecule has 1 heterocycles. The number of ether oxygens (including phenoxy) is 1. The second-order valence-electron chi connectivity index (χ2n) is 10.7. The first-order chi connectivity index (χ1) is 22.2. The summed E-state index contributed by atoms with van der Waals surface area (Å²) < 4.78 is 76.7. The Hall–Kier alpha value is -3.74. The van der Waals surface area contributed by atoms with Crippen molar-refractivity contribution in [3.05, 3.63) is 101 Å². The molecular weight excluding hydrogens is 655 g/mol. The van der Waals surface area contributed by atoms with Crippen LogP contribution in [0.4, 0.5) is 13.2 Å². The van der Waals surface area contributed by atoms with E-state index in [0.29, 0.717) is 29.2 Å². The SMILES string of the molecule is C=C(c1ccc(C(F)(F)F)cc1OCC)N(C(c1ccc(Cl)cc1)C(C)c1ccc(O)cc1)S(=O)(=O)CCN1CCNC(=O)C1.CC. The van der Waals surface area contributed by atoms with E-state index in [1.165, 1.54) is 12.1 Å². The summed E-state index contributed by atoms with van der Waals surface area (Å²) in [6.45, 7) is 12.5. The van der Waals surface area contributed by atoms with Gasteiger partial charge in [-0.25, -0.2) is 8.42 Å². The molecule has 2 atom stereocenters. The van der Waals surface area contributed by atoms with Gasteiger partial charge in [-0.2, -0.15) is 13.2 Å². The number of carbonyl (C=O) groups excluding carboxylic acids is 1. The Morgan fingerprint density at radius 1 is 1.09 bits per heavy atom. The molecule has 2 unspecified atom stereocenters. The lowest BCUT2D eigenvalue weighted by molar-refractivity contribution is -0.137. The summed E-state index contributed by atoms with van der Waals surface area (Å²) >= 11 is 6.19. The third-order valence-electron chi connectivity index (χ3n) is 7.62. The number of hydrogen-bond donors (Lipinski definition) is 2. The van der Waals surface area contributed by atoms with Gasteiger partial charge in [0, 0.05) is 36.1 Å². The molecule has 0 spiro atoms. The topological polar surface area (TPSA) is 99.2 Å². The number of rotatable bonds is 12. The molecule has 1 fully saturated rings. The van der Waals surface area contributed by atoms with Crippen LogP contribution in [-0.4, -0.2) is 67.2 Å². The molecule has 0 aliphatic carbocycles. The third kappa shape index (κ3) is 9.65. The van der Waals surface area contributed by atoms with Crippen LogP contribution in [0.25, 0.3) is 5.70 Å². The van der Waals surface area contributed by atoms with Crippen LogP contribution in [0.2, 0.25) is 5.02 Å². The highest BCUT2D eigenvalue weighted by Gasteiger charge is 2.39. The molecule has 4 rings (SSSR count). The largest absolute Gasteiger partial charge is 0.508 e. The predicted octanol–water partition coefficient (Wildman–Crippen LogP) is 7.07. The van der Waals surface area contributed by atoms with Crippen LogP contribution in [0.5, 0.6) is 11.5 Å². The molecule has 8 nitrogen and oxygen atoms in total. The van der Waals surface area contributed by atoms with Crippen LogP contribution >= 0.6 is 11.6 Å². The monoisotopic (exact) mass is 695 g/mol. The molecule has 3 aromatic carbocycles. The van der Waals surface area contributed by atoms with E-state index in [9.17, 15) is 31.5 Å². The first-order valence-corrected chi connectivity index (χ1v) is 17.3. The Kier molecular flexibility index (Phi) is 13.1. The summed E-state index contributed by atoms with van der Waals surface area (Å²) in [5.41, 5.74) is 0.265. The normalized spacial score (nSPS) is 15.1. The van der Waals surface area contributed by atoms with E-state index in [1.54, 1.807) is 48.2 Å². The first-order valence-electron chi connectivity index (χ1n) is 15.3. The fourth-order valence-electron chi connectivity index (χ4n) is 5.31. The number of benzene rings is 3. The number of nitrogens with zero attached hydrogens (tertiary/aromatic N) is 2. The zero-order valence-corrected chi connectivity index (χ0v) is 28.4. The Labute approximate surface area is 279 Å². The van der Waals surface area contributed by atoms with Crippen LogP contribution in [-0.2, 0) is 21.0 Å². The van der Waals surface area contributed by atoms with Crippen LogP contribution in [0.15, 0.2) is 73.3 Å². The molecule has 3 aromatic rings. The summed E-state index contributed by atoms with van der Waals surface area (Å²) in [5.74, 6) is -1.32. The summed E-state index contributed by atoms with van der Waals surface area (Å²) in [6, 6.07) is 14.8. The lowest BCUT2D eigenvalue weighted by Gasteiger charge is -2.39. The minimum atomic E-state index is -4.66. The number of amides is 1. The van der Waals surface area contributed by atoms with Gasteiger partial charge < -0.3 is 15.2 Å². The van der Waals surface area contributed by atoms with Crippen LogP contribution < -0.4 is 10.1 Å². The van der Waals surface area contributed by atoms with E-state index in [4.69, 9.17) is 16.3 Å².